The molecule has 128 valence electrons. The highest BCUT2D eigenvalue weighted by Gasteiger charge is 2.42. The van der Waals surface area contributed by atoms with Crippen LogP contribution in [0.2, 0.25) is 0 Å². The SMILES string of the molecule is Cc1cnc(C2(NC(=O)Cc3ccn(-c4ccccc4)n3)CCC2)[nH]1. The summed E-state index contributed by atoms with van der Waals surface area (Å²) < 4.78 is 1.79. The van der Waals surface area contributed by atoms with Gasteiger partial charge in [0.2, 0.25) is 5.91 Å². The van der Waals surface area contributed by atoms with Crippen LogP contribution in [0.5, 0.6) is 0 Å². The van der Waals surface area contributed by atoms with E-state index in [2.05, 4.69) is 20.4 Å². The minimum atomic E-state index is -0.340. The molecule has 0 bridgehead atoms. The first-order valence-corrected chi connectivity index (χ1v) is 8.58. The minimum Gasteiger partial charge on any atom is -0.344 e. The first-order valence-electron chi connectivity index (χ1n) is 8.58. The topological polar surface area (TPSA) is 75.6 Å². The lowest BCUT2D eigenvalue weighted by Gasteiger charge is -2.40. The van der Waals surface area contributed by atoms with Gasteiger partial charge in [0.25, 0.3) is 0 Å². The Balaban J connectivity index is 1.45. The molecule has 0 unspecified atom stereocenters. The number of aryl methyl sites for hydroxylation is 1. The molecule has 2 N–H and O–H groups in total. The summed E-state index contributed by atoms with van der Waals surface area (Å²) in [7, 11) is 0. The van der Waals surface area contributed by atoms with Crippen molar-refractivity contribution in [3.63, 3.8) is 0 Å². The van der Waals surface area contributed by atoms with Gasteiger partial charge in [0.15, 0.2) is 0 Å². The molecule has 1 aliphatic carbocycles. The molecule has 6 heteroatoms. The lowest BCUT2D eigenvalue weighted by Crippen LogP contribution is -2.52. The van der Waals surface area contributed by atoms with E-state index < -0.39 is 0 Å². The molecular weight excluding hydrogens is 314 g/mol. The molecule has 0 aliphatic heterocycles. The van der Waals surface area contributed by atoms with Crippen molar-refractivity contribution in [3.8, 4) is 5.69 Å². The van der Waals surface area contributed by atoms with Crippen molar-refractivity contribution >= 4 is 5.91 Å². The molecule has 25 heavy (non-hydrogen) atoms. The van der Waals surface area contributed by atoms with E-state index in [-0.39, 0.29) is 17.9 Å². The largest absolute Gasteiger partial charge is 0.344 e. The van der Waals surface area contributed by atoms with Crippen LogP contribution < -0.4 is 5.32 Å². The summed E-state index contributed by atoms with van der Waals surface area (Å²) in [4.78, 5) is 20.2. The van der Waals surface area contributed by atoms with Crippen LogP contribution >= 0.6 is 0 Å². The third kappa shape index (κ3) is 3.07. The molecule has 0 spiro atoms. The predicted octanol–water partition coefficient (Wildman–Crippen LogP) is 2.64. The molecule has 1 aliphatic rings. The number of nitrogens with one attached hydrogen (secondary N) is 2. The van der Waals surface area contributed by atoms with Crippen LogP contribution in [-0.2, 0) is 16.8 Å². The van der Waals surface area contributed by atoms with E-state index in [9.17, 15) is 4.79 Å². The Morgan fingerprint density at radius 2 is 2.08 bits per heavy atom. The van der Waals surface area contributed by atoms with Crippen LogP contribution in [-0.4, -0.2) is 25.7 Å². The molecule has 0 radical (unpaired) electrons. The maximum absolute atomic E-state index is 12.5. The van der Waals surface area contributed by atoms with Crippen LogP contribution in [0.3, 0.4) is 0 Å². The van der Waals surface area contributed by atoms with Gasteiger partial charge in [0.1, 0.15) is 5.82 Å². The molecule has 1 amide bonds. The Bertz CT molecular complexity index is 876. The molecule has 0 saturated heterocycles. The van der Waals surface area contributed by atoms with E-state index in [4.69, 9.17) is 0 Å². The third-order valence-corrected chi connectivity index (χ3v) is 4.75. The Morgan fingerprint density at radius 1 is 1.28 bits per heavy atom. The van der Waals surface area contributed by atoms with E-state index in [1.165, 1.54) is 0 Å². The second-order valence-corrected chi connectivity index (χ2v) is 6.66. The van der Waals surface area contributed by atoms with Gasteiger partial charge in [-0.3, -0.25) is 4.79 Å². The van der Waals surface area contributed by atoms with Crippen LogP contribution in [0.15, 0.2) is 48.8 Å². The van der Waals surface area contributed by atoms with Gasteiger partial charge in [-0.15, -0.1) is 0 Å². The zero-order chi connectivity index (χ0) is 17.3. The number of para-hydroxylation sites is 1. The highest BCUT2D eigenvalue weighted by Crippen LogP contribution is 2.39. The molecule has 6 nitrogen and oxygen atoms in total. The van der Waals surface area contributed by atoms with E-state index in [1.807, 2.05) is 55.7 Å². The number of benzene rings is 1. The predicted molar refractivity (Wildman–Crippen MR) is 94.3 cm³/mol. The fourth-order valence-electron chi connectivity index (χ4n) is 3.26. The number of carbonyl (C=O) groups is 1. The number of hydrogen-bond acceptors (Lipinski definition) is 3. The number of carbonyl (C=O) groups excluding carboxylic acids is 1. The summed E-state index contributed by atoms with van der Waals surface area (Å²) in [5.41, 5.74) is 2.41. The fraction of sp³-hybridized carbons (Fsp3) is 0.316. The van der Waals surface area contributed by atoms with Gasteiger partial charge in [0.05, 0.1) is 23.3 Å². The van der Waals surface area contributed by atoms with Crippen LogP contribution in [0, 0.1) is 6.92 Å². The van der Waals surface area contributed by atoms with Crippen LogP contribution in [0.4, 0.5) is 0 Å². The lowest BCUT2D eigenvalue weighted by atomic mass is 9.76. The van der Waals surface area contributed by atoms with Crippen LogP contribution in [0.25, 0.3) is 5.69 Å². The number of rotatable bonds is 5. The average molecular weight is 335 g/mol. The van der Waals surface area contributed by atoms with Gasteiger partial charge in [-0.2, -0.15) is 5.10 Å². The van der Waals surface area contributed by atoms with Crippen molar-refractivity contribution in [1.82, 2.24) is 25.1 Å². The maximum Gasteiger partial charge on any atom is 0.226 e. The molecule has 2 heterocycles. The molecule has 4 rings (SSSR count). The van der Waals surface area contributed by atoms with E-state index in [1.54, 1.807) is 4.68 Å². The molecule has 1 fully saturated rings. The quantitative estimate of drug-likeness (QED) is 0.752. The zero-order valence-electron chi connectivity index (χ0n) is 14.2. The van der Waals surface area contributed by atoms with Gasteiger partial charge < -0.3 is 10.3 Å². The number of aromatic nitrogens is 4. The van der Waals surface area contributed by atoms with Crippen molar-refractivity contribution in [2.75, 3.05) is 0 Å². The molecule has 0 atom stereocenters. The van der Waals surface area contributed by atoms with Crippen molar-refractivity contribution < 1.29 is 4.79 Å². The second kappa shape index (κ2) is 6.20. The Hall–Kier alpha value is -2.89. The molecule has 2 aromatic heterocycles. The first-order chi connectivity index (χ1) is 12.1. The average Bonchev–Trinajstić information content (AvgIpc) is 3.21. The summed E-state index contributed by atoms with van der Waals surface area (Å²) in [6.07, 6.45) is 6.90. The summed E-state index contributed by atoms with van der Waals surface area (Å²) in [5, 5.41) is 7.68. The van der Waals surface area contributed by atoms with Gasteiger partial charge in [0, 0.05) is 18.1 Å². The van der Waals surface area contributed by atoms with Crippen molar-refractivity contribution in [3.05, 3.63) is 66.0 Å². The summed E-state index contributed by atoms with van der Waals surface area (Å²) >= 11 is 0. The van der Waals surface area contributed by atoms with Crippen molar-refractivity contribution in [1.29, 1.82) is 0 Å². The summed E-state index contributed by atoms with van der Waals surface area (Å²) in [6, 6.07) is 11.8. The Morgan fingerprint density at radius 3 is 2.72 bits per heavy atom. The second-order valence-electron chi connectivity index (χ2n) is 6.66. The highest BCUT2D eigenvalue weighted by molar-refractivity contribution is 5.79. The third-order valence-electron chi connectivity index (χ3n) is 4.75. The van der Waals surface area contributed by atoms with E-state index in [0.29, 0.717) is 0 Å². The summed E-state index contributed by atoms with van der Waals surface area (Å²) in [5.74, 6) is 0.839. The van der Waals surface area contributed by atoms with Gasteiger partial charge in [-0.1, -0.05) is 18.2 Å². The molecular formula is C19H21N5O. The van der Waals surface area contributed by atoms with Gasteiger partial charge in [-0.25, -0.2) is 9.67 Å². The number of aromatic amines is 1. The number of H-pyrrole nitrogens is 1. The number of hydrogen-bond donors (Lipinski definition) is 2. The highest BCUT2D eigenvalue weighted by atomic mass is 16.1. The Kier molecular flexibility index (Phi) is 3.87. The fourth-order valence-corrected chi connectivity index (χ4v) is 3.26. The van der Waals surface area contributed by atoms with Crippen molar-refractivity contribution in [2.45, 2.75) is 38.1 Å². The number of amides is 1. The van der Waals surface area contributed by atoms with Gasteiger partial charge >= 0.3 is 0 Å². The first kappa shape index (κ1) is 15.6. The van der Waals surface area contributed by atoms with E-state index >= 15 is 0 Å². The smallest absolute Gasteiger partial charge is 0.226 e. The van der Waals surface area contributed by atoms with Crippen LogP contribution in [0.1, 0.15) is 36.5 Å². The molecule has 1 aromatic carbocycles. The van der Waals surface area contributed by atoms with Gasteiger partial charge in [-0.05, 0) is 44.4 Å². The Labute approximate surface area is 146 Å². The molecule has 1 saturated carbocycles. The zero-order valence-corrected chi connectivity index (χ0v) is 14.2. The number of imidazole rings is 1. The minimum absolute atomic E-state index is 0.0212. The van der Waals surface area contributed by atoms with E-state index in [0.717, 1.165) is 42.2 Å². The standard InChI is InChI=1S/C19H21N5O/c1-14-13-20-18(21-14)19(9-5-10-19)22-17(25)12-15-8-11-24(23-15)16-6-3-2-4-7-16/h2-4,6-8,11,13H,5,9-10,12H2,1H3,(H,20,21)(H,22,25). The normalized spacial score (nSPS) is 15.6. The summed E-state index contributed by atoms with van der Waals surface area (Å²) in [6.45, 7) is 1.97. The molecule has 3 aromatic rings. The number of nitrogens with zero attached hydrogens (tertiary/aromatic N) is 3. The lowest BCUT2D eigenvalue weighted by molar-refractivity contribution is -0.123. The monoisotopic (exact) mass is 335 g/mol. The maximum atomic E-state index is 12.5. The van der Waals surface area contributed by atoms with Crippen molar-refractivity contribution in [2.24, 2.45) is 0 Å².